The summed E-state index contributed by atoms with van der Waals surface area (Å²) < 4.78 is 48.8. The molecule has 3 nitrogen and oxygen atoms in total. The predicted molar refractivity (Wildman–Crippen MR) is 58.0 cm³/mol. The summed E-state index contributed by atoms with van der Waals surface area (Å²) in [6.07, 6.45) is 0.263. The van der Waals surface area contributed by atoms with Crippen LogP contribution in [0.4, 0.5) is 17.6 Å². The highest BCUT2D eigenvalue weighted by Gasteiger charge is 2.34. The van der Waals surface area contributed by atoms with Crippen LogP contribution < -0.4 is 5.73 Å². The average molecular weight is 261 g/mol. The van der Waals surface area contributed by atoms with E-state index < -0.39 is 23.9 Å². The van der Waals surface area contributed by atoms with E-state index >= 15 is 0 Å². The normalized spacial score (nSPS) is 13.8. The Kier molecular flexibility index (Phi) is 4.55. The number of rotatable bonds is 4. The minimum Gasteiger partial charge on any atom is -0.324 e. The molecule has 98 valence electrons. The zero-order valence-electron chi connectivity index (χ0n) is 9.28. The highest BCUT2D eigenvalue weighted by molar-refractivity contribution is 5.14. The van der Waals surface area contributed by atoms with Gasteiger partial charge < -0.3 is 5.73 Å². The maximum Gasteiger partial charge on any atom is 0.451 e. The van der Waals surface area contributed by atoms with Crippen molar-refractivity contribution in [1.29, 1.82) is 0 Å². The number of halogens is 4. The van der Waals surface area contributed by atoms with E-state index in [1.807, 2.05) is 0 Å². The molecule has 1 atom stereocenters. The van der Waals surface area contributed by atoms with E-state index in [0.717, 1.165) is 18.5 Å². The Hall–Kier alpha value is -1.76. The summed E-state index contributed by atoms with van der Waals surface area (Å²) in [7, 11) is 0. The minimum absolute atomic E-state index is 0.248. The number of allylic oxidation sites excluding steroid dienone is 2. The lowest BCUT2D eigenvalue weighted by molar-refractivity contribution is -0.145. The first-order valence-corrected chi connectivity index (χ1v) is 4.96. The van der Waals surface area contributed by atoms with Gasteiger partial charge in [0.1, 0.15) is 5.83 Å². The summed E-state index contributed by atoms with van der Waals surface area (Å²) >= 11 is 0. The standard InChI is InChI=1S/C11H11F4N3/c1-7(12)3-2-4-9(16)8-5-17-10(18-6-8)11(13,14)15/h2-3,5-6,9H,1,4,16H2/b3-2-. The molecule has 2 N–H and O–H groups in total. The Bertz CT molecular complexity index is 437. The Balaban J connectivity index is 2.70. The van der Waals surface area contributed by atoms with Crippen molar-refractivity contribution in [2.75, 3.05) is 0 Å². The molecule has 1 heterocycles. The first kappa shape index (κ1) is 14.3. The van der Waals surface area contributed by atoms with Gasteiger partial charge in [-0.3, -0.25) is 0 Å². The van der Waals surface area contributed by atoms with Crippen molar-refractivity contribution in [3.05, 3.63) is 48.3 Å². The molecule has 1 aromatic heterocycles. The SMILES string of the molecule is C=C(F)/C=C\CC(N)c1cnc(C(F)(F)F)nc1. The van der Waals surface area contributed by atoms with Gasteiger partial charge in [0.15, 0.2) is 0 Å². The van der Waals surface area contributed by atoms with Crippen molar-refractivity contribution in [3.8, 4) is 0 Å². The van der Waals surface area contributed by atoms with Gasteiger partial charge in [0.05, 0.1) is 0 Å². The van der Waals surface area contributed by atoms with Crippen molar-refractivity contribution in [3.63, 3.8) is 0 Å². The molecule has 0 aromatic carbocycles. The second-order valence-electron chi connectivity index (χ2n) is 3.53. The van der Waals surface area contributed by atoms with E-state index in [9.17, 15) is 17.6 Å². The third-order valence-electron chi connectivity index (χ3n) is 2.04. The number of nitrogens with two attached hydrogens (primary N) is 1. The molecular weight excluding hydrogens is 250 g/mol. The summed E-state index contributed by atoms with van der Waals surface area (Å²) in [5.41, 5.74) is 6.02. The van der Waals surface area contributed by atoms with Gasteiger partial charge in [-0.1, -0.05) is 12.7 Å². The first-order valence-electron chi connectivity index (χ1n) is 4.96. The molecule has 0 saturated heterocycles. The molecular formula is C11H11F4N3. The van der Waals surface area contributed by atoms with E-state index in [0.29, 0.717) is 5.56 Å². The van der Waals surface area contributed by atoms with Crippen LogP contribution in [0.5, 0.6) is 0 Å². The molecule has 0 radical (unpaired) electrons. The van der Waals surface area contributed by atoms with Gasteiger partial charge in [0.25, 0.3) is 0 Å². The van der Waals surface area contributed by atoms with Crippen molar-refractivity contribution in [2.24, 2.45) is 5.73 Å². The number of hydrogen-bond donors (Lipinski definition) is 1. The maximum absolute atomic E-state index is 12.3. The molecule has 1 unspecified atom stereocenters. The van der Waals surface area contributed by atoms with Gasteiger partial charge in [-0.05, 0) is 12.5 Å². The van der Waals surface area contributed by atoms with Crippen LogP contribution in [0.15, 0.2) is 37.0 Å². The maximum atomic E-state index is 12.3. The summed E-state index contributed by atoms with van der Waals surface area (Å²) in [5, 5.41) is 0. The fourth-order valence-electron chi connectivity index (χ4n) is 1.15. The molecule has 0 saturated carbocycles. The predicted octanol–water partition coefficient (Wildman–Crippen LogP) is 2.92. The lowest BCUT2D eigenvalue weighted by atomic mass is 10.1. The van der Waals surface area contributed by atoms with Crippen LogP contribution in [0.25, 0.3) is 0 Å². The molecule has 0 aliphatic rings. The lowest BCUT2D eigenvalue weighted by Crippen LogP contribution is -2.14. The third kappa shape index (κ3) is 4.25. The molecule has 1 aromatic rings. The van der Waals surface area contributed by atoms with E-state index in [2.05, 4.69) is 16.5 Å². The Labute approximate surface area is 101 Å². The Morgan fingerprint density at radius 1 is 1.39 bits per heavy atom. The molecule has 0 spiro atoms. The van der Waals surface area contributed by atoms with E-state index in [4.69, 9.17) is 5.73 Å². The van der Waals surface area contributed by atoms with E-state index in [1.165, 1.54) is 6.08 Å². The van der Waals surface area contributed by atoms with Crippen LogP contribution in [-0.4, -0.2) is 9.97 Å². The molecule has 0 aliphatic heterocycles. The molecule has 0 bridgehead atoms. The van der Waals surface area contributed by atoms with Gasteiger partial charge in [-0.25, -0.2) is 14.4 Å². The van der Waals surface area contributed by atoms with Gasteiger partial charge >= 0.3 is 6.18 Å². The topological polar surface area (TPSA) is 51.8 Å². The number of aromatic nitrogens is 2. The largest absolute Gasteiger partial charge is 0.451 e. The lowest BCUT2D eigenvalue weighted by Gasteiger charge is -2.10. The number of nitrogens with zero attached hydrogens (tertiary/aromatic N) is 2. The fourth-order valence-corrected chi connectivity index (χ4v) is 1.15. The minimum atomic E-state index is -4.57. The van der Waals surface area contributed by atoms with Crippen LogP contribution >= 0.6 is 0 Å². The molecule has 0 amide bonds. The molecule has 0 fully saturated rings. The molecule has 0 aliphatic carbocycles. The Morgan fingerprint density at radius 2 is 1.94 bits per heavy atom. The summed E-state index contributed by atoms with van der Waals surface area (Å²) in [5.74, 6) is -1.84. The third-order valence-corrected chi connectivity index (χ3v) is 2.04. The van der Waals surface area contributed by atoms with Crippen LogP contribution in [0.1, 0.15) is 23.9 Å². The summed E-state index contributed by atoms with van der Waals surface area (Å²) in [4.78, 5) is 6.36. The number of alkyl halides is 3. The van der Waals surface area contributed by atoms with Gasteiger partial charge in [-0.15, -0.1) is 0 Å². The average Bonchev–Trinajstić information content (AvgIpc) is 2.27. The van der Waals surface area contributed by atoms with E-state index in [-0.39, 0.29) is 6.42 Å². The van der Waals surface area contributed by atoms with E-state index in [1.54, 1.807) is 0 Å². The van der Waals surface area contributed by atoms with Crippen LogP contribution in [0.3, 0.4) is 0 Å². The van der Waals surface area contributed by atoms with Crippen LogP contribution in [-0.2, 0) is 6.18 Å². The Morgan fingerprint density at radius 3 is 2.39 bits per heavy atom. The zero-order valence-corrected chi connectivity index (χ0v) is 9.28. The zero-order chi connectivity index (χ0) is 13.8. The first-order chi connectivity index (χ1) is 8.30. The second kappa shape index (κ2) is 5.72. The smallest absolute Gasteiger partial charge is 0.324 e. The van der Waals surface area contributed by atoms with Gasteiger partial charge in [-0.2, -0.15) is 13.2 Å². The monoisotopic (exact) mass is 261 g/mol. The summed E-state index contributed by atoms with van der Waals surface area (Å²) in [6, 6.07) is -0.595. The van der Waals surface area contributed by atoms with Crippen molar-refractivity contribution in [2.45, 2.75) is 18.6 Å². The quantitative estimate of drug-likeness (QED) is 0.669. The fraction of sp³-hybridized carbons (Fsp3) is 0.273. The summed E-state index contributed by atoms with van der Waals surface area (Å²) in [6.45, 7) is 3.02. The van der Waals surface area contributed by atoms with Crippen LogP contribution in [0.2, 0.25) is 0 Å². The molecule has 1 rings (SSSR count). The highest BCUT2D eigenvalue weighted by atomic mass is 19.4. The number of hydrogen-bond acceptors (Lipinski definition) is 3. The van der Waals surface area contributed by atoms with Gasteiger partial charge in [0.2, 0.25) is 5.82 Å². The van der Waals surface area contributed by atoms with Gasteiger partial charge in [0, 0.05) is 24.0 Å². The van der Waals surface area contributed by atoms with Crippen molar-refractivity contribution >= 4 is 0 Å². The van der Waals surface area contributed by atoms with Crippen molar-refractivity contribution < 1.29 is 17.6 Å². The highest BCUT2D eigenvalue weighted by Crippen LogP contribution is 2.26. The second-order valence-corrected chi connectivity index (χ2v) is 3.53. The molecule has 7 heteroatoms. The molecule has 18 heavy (non-hydrogen) atoms. The van der Waals surface area contributed by atoms with Crippen molar-refractivity contribution in [1.82, 2.24) is 9.97 Å². The van der Waals surface area contributed by atoms with Crippen LogP contribution in [0, 0.1) is 0 Å².